The third-order valence-corrected chi connectivity index (χ3v) is 5.31. The lowest BCUT2D eigenvalue weighted by atomic mass is 10.2. The van der Waals surface area contributed by atoms with Gasteiger partial charge in [-0.25, -0.2) is 0 Å². The molecule has 0 spiro atoms. The minimum Gasteiger partial charge on any atom is -0.481 e. The van der Waals surface area contributed by atoms with Gasteiger partial charge in [-0.15, -0.1) is 0 Å². The highest BCUT2D eigenvalue weighted by molar-refractivity contribution is 7.90. The molecule has 1 atom stereocenters. The summed E-state index contributed by atoms with van der Waals surface area (Å²) >= 11 is 0. The fraction of sp³-hybridized carbons (Fsp3) is 0.462. The minimum absolute atomic E-state index is 0.0000278. The number of nitrogens with zero attached hydrogens (tertiary/aromatic N) is 2. The Bertz CT molecular complexity index is 597. The molecule has 0 aliphatic carbocycles. The van der Waals surface area contributed by atoms with E-state index in [2.05, 4.69) is 0 Å². The number of carboxylic acid groups (broad SMARTS) is 1. The predicted octanol–water partition coefficient (Wildman–Crippen LogP) is 1.08. The van der Waals surface area contributed by atoms with Crippen molar-refractivity contribution in [3.8, 4) is 0 Å². The summed E-state index contributed by atoms with van der Waals surface area (Å²) in [6, 6.07) is 7.23. The van der Waals surface area contributed by atoms with Gasteiger partial charge in [0.2, 0.25) is 0 Å². The molecular formula is C13H18N2O4S. The number of hydrogen-bond donors (Lipinski definition) is 1. The fourth-order valence-electron chi connectivity index (χ4n) is 2.11. The maximum Gasteiger partial charge on any atom is 0.307 e. The largest absolute Gasteiger partial charge is 0.481 e. The van der Waals surface area contributed by atoms with Gasteiger partial charge in [-0.3, -0.25) is 9.10 Å². The van der Waals surface area contributed by atoms with Crippen LogP contribution in [0.4, 0.5) is 5.69 Å². The molecule has 1 unspecified atom stereocenters. The standard InChI is InChI=1S/C13H18N2O4S/c1-10-3-5-12(6-4-10)15-8-7-14(20(15,18)19)9-11(2)13(16)17/h3-6,11H,7-9H2,1-2H3,(H,16,17). The lowest BCUT2D eigenvalue weighted by Gasteiger charge is -2.21. The summed E-state index contributed by atoms with van der Waals surface area (Å²) in [6.07, 6.45) is 0. The van der Waals surface area contributed by atoms with E-state index in [4.69, 9.17) is 5.11 Å². The highest BCUT2D eigenvalue weighted by Crippen LogP contribution is 2.26. The summed E-state index contributed by atoms with van der Waals surface area (Å²) in [7, 11) is -3.62. The maximum atomic E-state index is 12.4. The molecule has 20 heavy (non-hydrogen) atoms. The van der Waals surface area contributed by atoms with Gasteiger partial charge in [-0.1, -0.05) is 24.6 Å². The van der Waals surface area contributed by atoms with Crippen molar-refractivity contribution in [2.45, 2.75) is 13.8 Å². The summed E-state index contributed by atoms with van der Waals surface area (Å²) in [6.45, 7) is 4.10. The van der Waals surface area contributed by atoms with Crippen LogP contribution in [0.2, 0.25) is 0 Å². The van der Waals surface area contributed by atoms with E-state index in [9.17, 15) is 13.2 Å². The molecule has 1 saturated heterocycles. The van der Waals surface area contributed by atoms with Gasteiger partial charge in [0.05, 0.1) is 11.6 Å². The molecule has 110 valence electrons. The van der Waals surface area contributed by atoms with E-state index in [1.807, 2.05) is 19.1 Å². The van der Waals surface area contributed by atoms with Crippen molar-refractivity contribution in [1.82, 2.24) is 4.31 Å². The lowest BCUT2D eigenvalue weighted by Crippen LogP contribution is -2.37. The zero-order chi connectivity index (χ0) is 14.9. The van der Waals surface area contributed by atoms with Crippen molar-refractivity contribution in [2.75, 3.05) is 23.9 Å². The first-order valence-corrected chi connectivity index (χ1v) is 7.79. The summed E-state index contributed by atoms with van der Waals surface area (Å²) in [5, 5.41) is 8.89. The van der Waals surface area contributed by atoms with Gasteiger partial charge in [-0.2, -0.15) is 12.7 Å². The number of rotatable bonds is 4. The number of aryl methyl sites for hydroxylation is 1. The lowest BCUT2D eigenvalue weighted by molar-refractivity contribution is -0.141. The van der Waals surface area contributed by atoms with Gasteiger partial charge in [0, 0.05) is 19.6 Å². The molecule has 0 amide bonds. The Balaban J connectivity index is 2.19. The summed E-state index contributed by atoms with van der Waals surface area (Å²) < 4.78 is 27.3. The molecule has 2 rings (SSSR count). The number of anilines is 1. The van der Waals surface area contributed by atoms with E-state index in [0.717, 1.165) is 5.56 Å². The van der Waals surface area contributed by atoms with E-state index < -0.39 is 22.1 Å². The first-order chi connectivity index (χ1) is 9.32. The van der Waals surface area contributed by atoms with Crippen LogP contribution >= 0.6 is 0 Å². The number of carbonyl (C=O) groups is 1. The molecule has 1 fully saturated rings. The summed E-state index contributed by atoms with van der Waals surface area (Å²) in [5.74, 6) is -1.71. The Morgan fingerprint density at radius 2 is 1.90 bits per heavy atom. The average molecular weight is 298 g/mol. The normalized spacial score (nSPS) is 20.0. The first-order valence-electron chi connectivity index (χ1n) is 6.39. The van der Waals surface area contributed by atoms with Crippen LogP contribution in [0.25, 0.3) is 0 Å². The fourth-order valence-corrected chi connectivity index (χ4v) is 3.82. The SMILES string of the molecule is Cc1ccc(N2CCN(CC(C)C(=O)O)S2(=O)=O)cc1. The van der Waals surface area contributed by atoms with Crippen molar-refractivity contribution < 1.29 is 18.3 Å². The molecule has 1 aromatic carbocycles. The Hall–Kier alpha value is -1.60. The van der Waals surface area contributed by atoms with Crippen LogP contribution in [0.3, 0.4) is 0 Å². The number of hydrogen-bond acceptors (Lipinski definition) is 3. The van der Waals surface area contributed by atoms with Crippen molar-refractivity contribution >= 4 is 21.9 Å². The van der Waals surface area contributed by atoms with E-state index >= 15 is 0 Å². The van der Waals surface area contributed by atoms with Gasteiger partial charge in [0.15, 0.2) is 0 Å². The van der Waals surface area contributed by atoms with Crippen LogP contribution in [0, 0.1) is 12.8 Å². The van der Waals surface area contributed by atoms with Gasteiger partial charge in [-0.05, 0) is 19.1 Å². The van der Waals surface area contributed by atoms with Crippen molar-refractivity contribution in [3.63, 3.8) is 0 Å². The van der Waals surface area contributed by atoms with E-state index in [0.29, 0.717) is 18.8 Å². The predicted molar refractivity (Wildman–Crippen MR) is 75.8 cm³/mol. The Labute approximate surface area is 118 Å². The summed E-state index contributed by atoms with van der Waals surface area (Å²) in [5.41, 5.74) is 1.67. The van der Waals surface area contributed by atoms with Gasteiger partial charge in [0.25, 0.3) is 0 Å². The van der Waals surface area contributed by atoms with Gasteiger partial charge < -0.3 is 5.11 Å². The topological polar surface area (TPSA) is 77.9 Å². The monoisotopic (exact) mass is 298 g/mol. The zero-order valence-corrected chi connectivity index (χ0v) is 12.3. The second-order valence-electron chi connectivity index (χ2n) is 5.01. The molecule has 1 aliphatic heterocycles. The third kappa shape index (κ3) is 2.78. The van der Waals surface area contributed by atoms with Gasteiger partial charge in [0.1, 0.15) is 0 Å². The number of aliphatic carboxylic acids is 1. The van der Waals surface area contributed by atoms with Crippen molar-refractivity contribution in [2.24, 2.45) is 5.92 Å². The maximum absolute atomic E-state index is 12.4. The van der Waals surface area contributed by atoms with Crippen molar-refractivity contribution in [1.29, 1.82) is 0 Å². The molecule has 1 N–H and O–H groups in total. The van der Waals surface area contributed by atoms with Crippen LogP contribution in [0.1, 0.15) is 12.5 Å². The number of benzene rings is 1. The highest BCUT2D eigenvalue weighted by Gasteiger charge is 2.38. The molecule has 1 aromatic rings. The van der Waals surface area contributed by atoms with Gasteiger partial charge >= 0.3 is 16.2 Å². The van der Waals surface area contributed by atoms with Crippen LogP contribution < -0.4 is 4.31 Å². The Morgan fingerprint density at radius 1 is 1.30 bits per heavy atom. The highest BCUT2D eigenvalue weighted by atomic mass is 32.2. The van der Waals surface area contributed by atoms with Crippen LogP contribution in [0.15, 0.2) is 24.3 Å². The molecular weight excluding hydrogens is 280 g/mol. The second kappa shape index (κ2) is 5.41. The molecule has 7 heteroatoms. The van der Waals surface area contributed by atoms with Crippen LogP contribution in [0.5, 0.6) is 0 Å². The van der Waals surface area contributed by atoms with Crippen LogP contribution in [-0.4, -0.2) is 43.4 Å². The Morgan fingerprint density at radius 3 is 2.45 bits per heavy atom. The van der Waals surface area contributed by atoms with E-state index in [1.54, 1.807) is 12.1 Å². The molecule has 0 saturated carbocycles. The molecule has 6 nitrogen and oxygen atoms in total. The second-order valence-corrected chi connectivity index (χ2v) is 6.87. The van der Waals surface area contributed by atoms with E-state index in [1.165, 1.54) is 15.5 Å². The molecule has 0 bridgehead atoms. The average Bonchev–Trinajstić information content (AvgIpc) is 2.66. The molecule has 1 heterocycles. The molecule has 1 aliphatic rings. The zero-order valence-electron chi connectivity index (χ0n) is 11.5. The summed E-state index contributed by atoms with van der Waals surface area (Å²) in [4.78, 5) is 10.9. The minimum atomic E-state index is -3.62. The third-order valence-electron chi connectivity index (χ3n) is 3.38. The number of carboxylic acids is 1. The van der Waals surface area contributed by atoms with Crippen LogP contribution in [-0.2, 0) is 15.0 Å². The van der Waals surface area contributed by atoms with Crippen molar-refractivity contribution in [3.05, 3.63) is 29.8 Å². The molecule has 0 aromatic heterocycles. The van der Waals surface area contributed by atoms with E-state index in [-0.39, 0.29) is 6.54 Å². The smallest absolute Gasteiger partial charge is 0.307 e. The molecule has 0 radical (unpaired) electrons. The first kappa shape index (κ1) is 14.8. The Kier molecular flexibility index (Phi) is 4.01. The quantitative estimate of drug-likeness (QED) is 0.902.